The van der Waals surface area contributed by atoms with E-state index in [-0.39, 0.29) is 29.4 Å². The lowest BCUT2D eigenvalue weighted by atomic mass is 10.2. The van der Waals surface area contributed by atoms with Gasteiger partial charge in [0.2, 0.25) is 5.75 Å². The van der Waals surface area contributed by atoms with Crippen molar-refractivity contribution in [3.8, 4) is 11.5 Å². The minimum Gasteiger partial charge on any atom is -0.493 e. The van der Waals surface area contributed by atoms with Gasteiger partial charge in [0.15, 0.2) is 5.75 Å². The zero-order valence-electron chi connectivity index (χ0n) is 11.1. The Hall–Kier alpha value is -2.15. The van der Waals surface area contributed by atoms with Crippen molar-refractivity contribution in [1.82, 2.24) is 4.90 Å². The number of ether oxygens (including phenoxy) is 2. The van der Waals surface area contributed by atoms with Crippen LogP contribution in [0.25, 0.3) is 0 Å². The average molecular weight is 268 g/mol. The van der Waals surface area contributed by atoms with E-state index in [0.717, 1.165) is 0 Å². The van der Waals surface area contributed by atoms with Crippen LogP contribution in [0, 0.1) is 10.1 Å². The minimum atomic E-state index is -0.597. The third-order valence-electron chi connectivity index (χ3n) is 2.40. The summed E-state index contributed by atoms with van der Waals surface area (Å²) in [6, 6.07) is 2.57. The second kappa shape index (κ2) is 6.69. The summed E-state index contributed by atoms with van der Waals surface area (Å²) >= 11 is 0. The molecule has 0 fully saturated rings. The van der Waals surface area contributed by atoms with E-state index < -0.39 is 4.92 Å². The van der Waals surface area contributed by atoms with Crippen molar-refractivity contribution in [1.29, 1.82) is 0 Å². The molecule has 0 bridgehead atoms. The van der Waals surface area contributed by atoms with E-state index in [2.05, 4.69) is 0 Å². The summed E-state index contributed by atoms with van der Waals surface area (Å²) in [5.74, 6) is 0.218. The number of nitro groups is 1. The summed E-state index contributed by atoms with van der Waals surface area (Å²) in [5.41, 5.74) is -0.108. The third kappa shape index (κ3) is 3.92. The third-order valence-corrected chi connectivity index (χ3v) is 2.40. The highest BCUT2D eigenvalue weighted by atomic mass is 16.6. The maximum atomic E-state index is 11.0. The number of carbonyl (C=O) groups is 1. The van der Waals surface area contributed by atoms with Crippen molar-refractivity contribution in [2.45, 2.75) is 0 Å². The Kier molecular flexibility index (Phi) is 5.25. The largest absolute Gasteiger partial charge is 0.493 e. The van der Waals surface area contributed by atoms with Gasteiger partial charge in [0, 0.05) is 18.2 Å². The van der Waals surface area contributed by atoms with Gasteiger partial charge in [-0.15, -0.1) is 0 Å². The van der Waals surface area contributed by atoms with Gasteiger partial charge < -0.3 is 14.4 Å². The first-order chi connectivity index (χ1) is 8.99. The quantitative estimate of drug-likeness (QED) is 0.422. The molecule has 0 radical (unpaired) electrons. The van der Waals surface area contributed by atoms with Gasteiger partial charge in [0.05, 0.1) is 12.0 Å². The number of hydrogen-bond donors (Lipinski definition) is 0. The van der Waals surface area contributed by atoms with Crippen LogP contribution in [-0.4, -0.2) is 50.5 Å². The molecule has 0 atom stereocenters. The molecule has 7 nitrogen and oxygen atoms in total. The van der Waals surface area contributed by atoms with Gasteiger partial charge in [-0.3, -0.25) is 14.9 Å². The van der Waals surface area contributed by atoms with Crippen LogP contribution in [0.3, 0.4) is 0 Å². The molecule has 0 saturated carbocycles. The predicted octanol–water partition coefficient (Wildman–Crippen LogP) is 1.36. The van der Waals surface area contributed by atoms with Crippen LogP contribution in [-0.2, 0) is 0 Å². The molecule has 7 heteroatoms. The Labute approximate surface area is 110 Å². The number of nitro benzene ring substituents is 1. The molecule has 0 amide bonds. The smallest absolute Gasteiger partial charge is 0.315 e. The zero-order valence-corrected chi connectivity index (χ0v) is 11.1. The molecule has 1 rings (SSSR count). The highest BCUT2D eigenvalue weighted by molar-refractivity contribution is 5.79. The normalized spacial score (nSPS) is 10.3. The van der Waals surface area contributed by atoms with Gasteiger partial charge in [0.1, 0.15) is 12.9 Å². The van der Waals surface area contributed by atoms with E-state index in [9.17, 15) is 14.9 Å². The molecule has 1 aromatic rings. The first kappa shape index (κ1) is 14.9. The average Bonchev–Trinajstić information content (AvgIpc) is 2.37. The lowest BCUT2D eigenvalue weighted by Crippen LogP contribution is -2.20. The van der Waals surface area contributed by atoms with Gasteiger partial charge in [-0.2, -0.15) is 0 Å². The molecule has 0 heterocycles. The van der Waals surface area contributed by atoms with Crippen LogP contribution in [0.2, 0.25) is 0 Å². The Bertz CT molecular complexity index is 473. The molecule has 0 unspecified atom stereocenters. The fourth-order valence-electron chi connectivity index (χ4n) is 1.44. The molecule has 0 spiro atoms. The number of aldehydes is 1. The maximum absolute atomic E-state index is 11.0. The Balaban J connectivity index is 3.10. The molecular formula is C12H16N2O5. The standard InChI is InChI=1S/C12H16N2O5/c1-13(2)4-5-19-12-10(14(16)17)6-9(8-15)7-11(12)18-3/h6-8H,4-5H2,1-3H3. The Morgan fingerprint density at radius 2 is 2.11 bits per heavy atom. The Morgan fingerprint density at radius 1 is 1.42 bits per heavy atom. The molecule has 1 aromatic carbocycles. The zero-order chi connectivity index (χ0) is 14.4. The second-order valence-corrected chi connectivity index (χ2v) is 4.10. The Morgan fingerprint density at radius 3 is 2.58 bits per heavy atom. The first-order valence-corrected chi connectivity index (χ1v) is 5.58. The number of hydrogen-bond acceptors (Lipinski definition) is 6. The summed E-state index contributed by atoms with van der Waals surface area (Å²) < 4.78 is 10.4. The molecule has 104 valence electrons. The first-order valence-electron chi connectivity index (χ1n) is 5.58. The molecule has 19 heavy (non-hydrogen) atoms. The van der Waals surface area contributed by atoms with E-state index in [1.54, 1.807) is 0 Å². The highest BCUT2D eigenvalue weighted by Gasteiger charge is 2.22. The SMILES string of the molecule is COc1cc(C=O)cc([N+](=O)[O-])c1OCCN(C)C. The van der Waals surface area contributed by atoms with Gasteiger partial charge >= 0.3 is 5.69 Å². The van der Waals surface area contributed by atoms with Crippen molar-refractivity contribution in [2.75, 3.05) is 34.4 Å². The number of nitrogens with zero attached hydrogens (tertiary/aromatic N) is 2. The number of benzene rings is 1. The van der Waals surface area contributed by atoms with Crippen molar-refractivity contribution >= 4 is 12.0 Å². The molecule has 0 saturated heterocycles. The fourth-order valence-corrected chi connectivity index (χ4v) is 1.44. The van der Waals surface area contributed by atoms with Crippen LogP contribution in [0.4, 0.5) is 5.69 Å². The summed E-state index contributed by atoms with van der Waals surface area (Å²) in [6.45, 7) is 0.889. The van der Waals surface area contributed by atoms with Crippen LogP contribution in [0.5, 0.6) is 11.5 Å². The van der Waals surface area contributed by atoms with E-state index in [0.29, 0.717) is 12.8 Å². The van der Waals surface area contributed by atoms with Crippen LogP contribution in [0.15, 0.2) is 12.1 Å². The second-order valence-electron chi connectivity index (χ2n) is 4.10. The van der Waals surface area contributed by atoms with Crippen LogP contribution < -0.4 is 9.47 Å². The van der Waals surface area contributed by atoms with Gasteiger partial charge in [-0.1, -0.05) is 0 Å². The number of carbonyl (C=O) groups excluding carboxylic acids is 1. The highest BCUT2D eigenvalue weighted by Crippen LogP contribution is 2.37. The summed E-state index contributed by atoms with van der Waals surface area (Å²) in [4.78, 5) is 23.0. The summed E-state index contributed by atoms with van der Waals surface area (Å²) in [6.07, 6.45) is 0.527. The van der Waals surface area contributed by atoms with Gasteiger partial charge in [-0.05, 0) is 20.2 Å². The molecule has 0 aliphatic heterocycles. The number of rotatable bonds is 7. The van der Waals surface area contributed by atoms with Crippen LogP contribution >= 0.6 is 0 Å². The lowest BCUT2D eigenvalue weighted by Gasteiger charge is -2.13. The molecule has 0 aliphatic rings. The van der Waals surface area contributed by atoms with E-state index >= 15 is 0 Å². The van der Waals surface area contributed by atoms with E-state index in [1.165, 1.54) is 19.2 Å². The van der Waals surface area contributed by atoms with Crippen molar-refractivity contribution in [3.05, 3.63) is 27.8 Å². The van der Waals surface area contributed by atoms with E-state index in [4.69, 9.17) is 9.47 Å². The minimum absolute atomic E-state index is 0.0416. The topological polar surface area (TPSA) is 81.9 Å². The molecule has 0 aromatic heterocycles. The van der Waals surface area contributed by atoms with Crippen LogP contribution in [0.1, 0.15) is 10.4 Å². The number of methoxy groups -OCH3 is 1. The maximum Gasteiger partial charge on any atom is 0.315 e. The van der Waals surface area contributed by atoms with Crippen molar-refractivity contribution < 1.29 is 19.2 Å². The predicted molar refractivity (Wildman–Crippen MR) is 69.1 cm³/mol. The molecule has 0 aliphatic carbocycles. The summed E-state index contributed by atoms with van der Waals surface area (Å²) in [5, 5.41) is 11.0. The summed E-state index contributed by atoms with van der Waals surface area (Å²) in [7, 11) is 5.10. The molecule has 0 N–H and O–H groups in total. The molecular weight excluding hydrogens is 252 g/mol. The fraction of sp³-hybridized carbons (Fsp3) is 0.417. The van der Waals surface area contributed by atoms with Gasteiger partial charge in [0.25, 0.3) is 0 Å². The van der Waals surface area contributed by atoms with Crippen molar-refractivity contribution in [2.24, 2.45) is 0 Å². The number of likely N-dealkylation sites (N-methyl/N-ethyl adjacent to an activating group) is 1. The van der Waals surface area contributed by atoms with Crippen molar-refractivity contribution in [3.63, 3.8) is 0 Å². The van der Waals surface area contributed by atoms with Gasteiger partial charge in [-0.25, -0.2) is 0 Å². The monoisotopic (exact) mass is 268 g/mol. The lowest BCUT2D eigenvalue weighted by molar-refractivity contribution is -0.386. The van der Waals surface area contributed by atoms with E-state index in [1.807, 2.05) is 19.0 Å².